The topological polar surface area (TPSA) is 83.3 Å². The number of carbonyl (C=O) groups excluding carboxylic acids is 1. The van der Waals surface area contributed by atoms with Gasteiger partial charge in [-0.15, -0.1) is 0 Å². The summed E-state index contributed by atoms with van der Waals surface area (Å²) in [5.41, 5.74) is 2.19. The minimum atomic E-state index is -0.686. The predicted molar refractivity (Wildman–Crippen MR) is 150 cm³/mol. The Morgan fingerprint density at radius 1 is 1.00 bits per heavy atom. The number of hydrogen-bond donors (Lipinski definition) is 0. The van der Waals surface area contributed by atoms with Crippen molar-refractivity contribution in [2.75, 3.05) is 7.11 Å². The fourth-order valence-corrected chi connectivity index (χ4v) is 4.82. The third kappa shape index (κ3) is 5.10. The van der Waals surface area contributed by atoms with Crippen molar-refractivity contribution in [2.24, 2.45) is 0 Å². The highest BCUT2D eigenvalue weighted by atomic mass is 79.9. The lowest BCUT2D eigenvalue weighted by molar-refractivity contribution is 0.0990. The molecule has 5 rings (SSSR count). The highest BCUT2D eigenvalue weighted by Crippen LogP contribution is 2.31. The minimum absolute atomic E-state index is 0.0349. The predicted octanol–water partition coefficient (Wildman–Crippen LogP) is 6.66. The fourth-order valence-electron chi connectivity index (χ4n) is 4.44. The van der Waals surface area contributed by atoms with Crippen molar-refractivity contribution in [1.82, 2.24) is 14.5 Å². The number of pyridine rings is 3. The number of fused-ring (bicyclic) bond motifs is 1. The molecular weight excluding hydrogens is 584 g/mol. The molecule has 0 fully saturated rings. The lowest BCUT2D eigenvalue weighted by atomic mass is 9.99. The van der Waals surface area contributed by atoms with E-state index < -0.39 is 23.0 Å². The van der Waals surface area contributed by atoms with Crippen molar-refractivity contribution in [2.45, 2.75) is 20.3 Å². The molecule has 0 aliphatic rings. The molecule has 3 heterocycles. The second kappa shape index (κ2) is 11.0. The van der Waals surface area contributed by atoms with E-state index in [1.807, 2.05) is 0 Å². The van der Waals surface area contributed by atoms with Gasteiger partial charge in [0, 0.05) is 40.6 Å². The van der Waals surface area contributed by atoms with E-state index >= 15 is 4.39 Å². The van der Waals surface area contributed by atoms with Crippen molar-refractivity contribution in [3.8, 4) is 22.9 Å². The summed E-state index contributed by atoms with van der Waals surface area (Å²) in [6.45, 7) is 3.39. The zero-order valence-corrected chi connectivity index (χ0v) is 23.3. The highest BCUT2D eigenvalue weighted by molar-refractivity contribution is 9.10. The third-order valence-corrected chi connectivity index (χ3v) is 7.64. The van der Waals surface area contributed by atoms with Crippen LogP contribution >= 0.6 is 15.9 Å². The first kappa shape index (κ1) is 27.1. The lowest BCUT2D eigenvalue weighted by Crippen LogP contribution is -2.29. The van der Waals surface area contributed by atoms with Crippen LogP contribution in [0.25, 0.3) is 16.7 Å². The molecular formula is C30H22BrF2N3O4. The number of aromatic nitrogens is 3. The first-order valence-corrected chi connectivity index (χ1v) is 12.9. The van der Waals surface area contributed by atoms with Crippen molar-refractivity contribution in [3.63, 3.8) is 0 Å². The maximum atomic E-state index is 15.1. The van der Waals surface area contributed by atoms with Crippen LogP contribution in [0.4, 0.5) is 8.78 Å². The Kier molecular flexibility index (Phi) is 7.44. The SMILES string of the molecule is COc1cnc2c(Oc3ccc(CC(=O)c4c(C)c(Br)c(C)n(-c5ccc(F)cc5)c4=O)cc3F)ccnc2c1. The van der Waals surface area contributed by atoms with Gasteiger partial charge in [0.25, 0.3) is 5.56 Å². The van der Waals surface area contributed by atoms with Crippen molar-refractivity contribution < 1.29 is 23.0 Å². The van der Waals surface area contributed by atoms with Crippen LogP contribution in [0.2, 0.25) is 0 Å². The van der Waals surface area contributed by atoms with E-state index in [2.05, 4.69) is 25.9 Å². The van der Waals surface area contributed by atoms with Crippen molar-refractivity contribution in [3.05, 3.63) is 116 Å². The molecule has 0 aliphatic carbocycles. The molecule has 0 atom stereocenters. The molecule has 7 nitrogen and oxygen atoms in total. The Balaban J connectivity index is 1.44. The second-order valence-corrected chi connectivity index (χ2v) is 9.83. The molecule has 5 aromatic rings. The van der Waals surface area contributed by atoms with Gasteiger partial charge in [-0.05, 0) is 77.3 Å². The van der Waals surface area contributed by atoms with Gasteiger partial charge in [0.2, 0.25) is 0 Å². The summed E-state index contributed by atoms with van der Waals surface area (Å²) in [4.78, 5) is 35.4. The van der Waals surface area contributed by atoms with E-state index in [1.54, 1.807) is 32.0 Å². The summed E-state index contributed by atoms with van der Waals surface area (Å²) in [5, 5.41) is 0. The fraction of sp³-hybridized carbons (Fsp3) is 0.133. The largest absolute Gasteiger partial charge is 0.495 e. The lowest BCUT2D eigenvalue weighted by Gasteiger charge is -2.17. The molecule has 0 aliphatic heterocycles. The van der Waals surface area contributed by atoms with E-state index in [1.165, 1.54) is 60.5 Å². The second-order valence-electron chi connectivity index (χ2n) is 9.04. The van der Waals surface area contributed by atoms with E-state index in [4.69, 9.17) is 9.47 Å². The minimum Gasteiger partial charge on any atom is -0.495 e. The maximum Gasteiger partial charge on any atom is 0.266 e. The Labute approximate surface area is 236 Å². The number of benzene rings is 2. The van der Waals surface area contributed by atoms with Gasteiger partial charge in [0.05, 0.1) is 24.4 Å². The summed E-state index contributed by atoms with van der Waals surface area (Å²) in [6, 6.07) is 12.9. The van der Waals surface area contributed by atoms with E-state index in [0.717, 1.165) is 0 Å². The first-order chi connectivity index (χ1) is 19.2. The number of rotatable bonds is 7. The van der Waals surface area contributed by atoms with Crippen LogP contribution in [0.3, 0.4) is 0 Å². The van der Waals surface area contributed by atoms with Gasteiger partial charge in [0.15, 0.2) is 23.1 Å². The smallest absolute Gasteiger partial charge is 0.266 e. The Bertz CT molecular complexity index is 1840. The Morgan fingerprint density at radius 3 is 2.45 bits per heavy atom. The third-order valence-electron chi connectivity index (χ3n) is 6.47. The summed E-state index contributed by atoms with van der Waals surface area (Å²) in [5.74, 6) is -0.844. The molecule has 3 aromatic heterocycles. The average Bonchev–Trinajstić information content (AvgIpc) is 2.94. The van der Waals surface area contributed by atoms with Gasteiger partial charge < -0.3 is 9.47 Å². The van der Waals surface area contributed by atoms with Crippen LogP contribution in [0.5, 0.6) is 17.2 Å². The Hall–Kier alpha value is -4.44. The molecule has 202 valence electrons. The monoisotopic (exact) mass is 605 g/mol. The standard InChI is InChI=1S/C30H22BrF2N3O4/c1-16-27(30(38)36(17(2)28(16)31)20-7-5-19(32)6-8-20)24(37)13-18-4-9-25(22(33)12-18)40-26-10-11-34-23-14-21(39-3)15-35-29(23)26/h4-12,14-15H,13H2,1-3H3. The van der Waals surface area contributed by atoms with Crippen LogP contribution in [0, 0.1) is 25.5 Å². The highest BCUT2D eigenvalue weighted by Gasteiger charge is 2.22. The molecule has 0 radical (unpaired) electrons. The van der Waals surface area contributed by atoms with E-state index in [-0.39, 0.29) is 17.7 Å². The number of methoxy groups -OCH3 is 1. The van der Waals surface area contributed by atoms with Crippen LogP contribution < -0.4 is 15.0 Å². The number of ketones is 1. The van der Waals surface area contributed by atoms with Crippen LogP contribution in [-0.4, -0.2) is 27.4 Å². The van der Waals surface area contributed by atoms with Crippen LogP contribution in [0.15, 0.2) is 76.3 Å². The van der Waals surface area contributed by atoms with Crippen molar-refractivity contribution in [1.29, 1.82) is 0 Å². The number of halogens is 3. The van der Waals surface area contributed by atoms with Crippen LogP contribution in [0.1, 0.15) is 27.2 Å². The first-order valence-electron chi connectivity index (χ1n) is 12.1. The van der Waals surface area contributed by atoms with Gasteiger partial charge in [-0.1, -0.05) is 6.07 Å². The number of Topliss-reactive ketones (excluding diaryl/α,β-unsaturated/α-hetero) is 1. The molecule has 0 amide bonds. The number of hydrogen-bond acceptors (Lipinski definition) is 6. The summed E-state index contributed by atoms with van der Waals surface area (Å²) in [6.07, 6.45) is 2.81. The average molecular weight is 606 g/mol. The molecule has 0 saturated heterocycles. The molecule has 40 heavy (non-hydrogen) atoms. The number of ether oxygens (including phenoxy) is 2. The molecule has 0 N–H and O–H groups in total. The quantitative estimate of drug-likeness (QED) is 0.193. The molecule has 0 saturated carbocycles. The zero-order chi connectivity index (χ0) is 28.6. The Morgan fingerprint density at radius 2 is 1.75 bits per heavy atom. The maximum absolute atomic E-state index is 15.1. The molecule has 0 bridgehead atoms. The van der Waals surface area contributed by atoms with E-state index in [0.29, 0.717) is 49.5 Å². The summed E-state index contributed by atoms with van der Waals surface area (Å²) < 4.78 is 41.5. The van der Waals surface area contributed by atoms with Gasteiger partial charge in [0.1, 0.15) is 17.1 Å². The number of nitrogens with zero attached hydrogens (tertiary/aromatic N) is 3. The molecule has 0 unspecified atom stereocenters. The van der Waals surface area contributed by atoms with Gasteiger partial charge in [-0.3, -0.25) is 19.1 Å². The van der Waals surface area contributed by atoms with Gasteiger partial charge in [-0.25, -0.2) is 13.8 Å². The molecule has 2 aromatic carbocycles. The van der Waals surface area contributed by atoms with Crippen LogP contribution in [-0.2, 0) is 6.42 Å². The van der Waals surface area contributed by atoms with Gasteiger partial charge in [-0.2, -0.15) is 0 Å². The van der Waals surface area contributed by atoms with E-state index in [9.17, 15) is 14.0 Å². The van der Waals surface area contributed by atoms with Crippen molar-refractivity contribution >= 4 is 32.7 Å². The molecule has 0 spiro atoms. The summed E-state index contributed by atoms with van der Waals surface area (Å²) in [7, 11) is 1.52. The zero-order valence-electron chi connectivity index (χ0n) is 21.7. The normalized spacial score (nSPS) is 11.1. The summed E-state index contributed by atoms with van der Waals surface area (Å²) >= 11 is 3.48. The number of carbonyl (C=O) groups is 1. The molecule has 10 heteroatoms. The van der Waals surface area contributed by atoms with Gasteiger partial charge >= 0.3 is 0 Å².